The van der Waals surface area contributed by atoms with Gasteiger partial charge < -0.3 is 4.57 Å². The Morgan fingerprint density at radius 1 is 1.70 bits per heavy atom. The van der Waals surface area contributed by atoms with Gasteiger partial charge in [0.25, 0.3) is 0 Å². The molecule has 3 heteroatoms. The Morgan fingerprint density at radius 2 is 2.50 bits per heavy atom. The van der Waals surface area contributed by atoms with E-state index in [-0.39, 0.29) is 0 Å². The van der Waals surface area contributed by atoms with Crippen molar-refractivity contribution in [3.8, 4) is 0 Å². The van der Waals surface area contributed by atoms with E-state index in [2.05, 4.69) is 4.98 Å². The summed E-state index contributed by atoms with van der Waals surface area (Å²) in [6.45, 7) is 1.84. The summed E-state index contributed by atoms with van der Waals surface area (Å²) in [5.41, 5.74) is 0.868. The summed E-state index contributed by atoms with van der Waals surface area (Å²) in [6.07, 6.45) is 7.35. The summed E-state index contributed by atoms with van der Waals surface area (Å²) < 4.78 is 1.77. The number of hydrogen-bond donors (Lipinski definition) is 0. The second-order valence-electron chi connectivity index (χ2n) is 1.91. The van der Waals surface area contributed by atoms with Gasteiger partial charge in [-0.1, -0.05) is 0 Å². The van der Waals surface area contributed by atoms with Crippen LogP contribution in [-0.2, 0) is 4.79 Å². The van der Waals surface area contributed by atoms with Crippen molar-refractivity contribution in [3.05, 3.63) is 24.8 Å². The van der Waals surface area contributed by atoms with Crippen LogP contribution in [0.4, 0.5) is 0 Å². The number of allylic oxidation sites excluding steroid dienone is 2. The number of aromatic nitrogens is 2. The Hall–Kier alpha value is -1.38. The molecule has 1 heterocycles. The van der Waals surface area contributed by atoms with E-state index < -0.39 is 0 Å². The molecule has 0 N–H and O–H groups in total. The Morgan fingerprint density at radius 3 is 3.00 bits per heavy atom. The molecule has 1 aromatic heterocycles. The maximum absolute atomic E-state index is 10.0. The molecule has 0 unspecified atom stereocenters. The van der Waals surface area contributed by atoms with E-state index in [0.29, 0.717) is 0 Å². The molecule has 0 saturated heterocycles. The molecule has 52 valence electrons. The molecule has 0 aliphatic heterocycles. The number of aldehydes is 1. The van der Waals surface area contributed by atoms with Gasteiger partial charge in [-0.3, -0.25) is 4.79 Å². The van der Waals surface area contributed by atoms with Crippen LogP contribution >= 0.6 is 0 Å². The van der Waals surface area contributed by atoms with Crippen LogP contribution in [0.1, 0.15) is 6.92 Å². The van der Waals surface area contributed by atoms with Crippen molar-refractivity contribution >= 4 is 12.0 Å². The zero-order chi connectivity index (χ0) is 7.40. The van der Waals surface area contributed by atoms with Crippen LogP contribution in [0.15, 0.2) is 24.8 Å². The molecular formula is C7H8N2O. The van der Waals surface area contributed by atoms with Gasteiger partial charge in [-0.15, -0.1) is 0 Å². The SMILES string of the molecule is CC(=CC=O)n1ccnc1. The number of carbonyl (C=O) groups is 1. The normalized spacial score (nSPS) is 11.5. The monoisotopic (exact) mass is 136 g/mol. The number of imidazole rings is 1. The second kappa shape index (κ2) is 2.96. The van der Waals surface area contributed by atoms with Crippen LogP contribution < -0.4 is 0 Å². The molecule has 0 radical (unpaired) electrons. The molecule has 1 aromatic rings. The van der Waals surface area contributed by atoms with Crippen molar-refractivity contribution in [3.63, 3.8) is 0 Å². The van der Waals surface area contributed by atoms with E-state index in [0.717, 1.165) is 12.0 Å². The van der Waals surface area contributed by atoms with E-state index in [4.69, 9.17) is 0 Å². The van der Waals surface area contributed by atoms with Crippen molar-refractivity contribution in [2.45, 2.75) is 6.92 Å². The highest BCUT2D eigenvalue weighted by Gasteiger charge is 1.88. The van der Waals surface area contributed by atoms with E-state index >= 15 is 0 Å². The average Bonchev–Trinajstić information content (AvgIpc) is 2.38. The smallest absolute Gasteiger partial charge is 0.144 e. The number of carbonyl (C=O) groups excluding carboxylic acids is 1. The molecule has 0 aromatic carbocycles. The highest BCUT2D eigenvalue weighted by molar-refractivity contribution is 5.73. The maximum atomic E-state index is 10.0. The van der Waals surface area contributed by atoms with Gasteiger partial charge in [-0.05, 0) is 13.0 Å². The number of hydrogen-bond acceptors (Lipinski definition) is 2. The summed E-state index contributed by atoms with van der Waals surface area (Å²) in [4.78, 5) is 13.8. The maximum Gasteiger partial charge on any atom is 0.144 e. The first-order valence-electron chi connectivity index (χ1n) is 2.95. The van der Waals surface area contributed by atoms with Crippen molar-refractivity contribution < 1.29 is 4.79 Å². The van der Waals surface area contributed by atoms with Crippen molar-refractivity contribution in [2.75, 3.05) is 0 Å². The Balaban J connectivity index is 2.86. The summed E-state index contributed by atoms with van der Waals surface area (Å²) in [6, 6.07) is 0. The van der Waals surface area contributed by atoms with Crippen LogP contribution in [-0.4, -0.2) is 15.8 Å². The van der Waals surface area contributed by atoms with Gasteiger partial charge in [-0.2, -0.15) is 0 Å². The molecule has 1 rings (SSSR count). The lowest BCUT2D eigenvalue weighted by molar-refractivity contribution is -0.104. The zero-order valence-electron chi connectivity index (χ0n) is 5.69. The molecule has 0 saturated carbocycles. The molecule has 0 bridgehead atoms. The third kappa shape index (κ3) is 1.31. The minimum Gasteiger partial charge on any atom is -0.310 e. The van der Waals surface area contributed by atoms with Gasteiger partial charge in [0.1, 0.15) is 6.29 Å². The molecular weight excluding hydrogens is 128 g/mol. The van der Waals surface area contributed by atoms with Crippen LogP contribution in [0.25, 0.3) is 5.70 Å². The first kappa shape index (κ1) is 6.74. The fraction of sp³-hybridized carbons (Fsp3) is 0.143. The standard InChI is InChI=1S/C7H8N2O/c1-7(2-5-10)9-4-3-8-6-9/h2-6H,1H3. The minimum atomic E-state index is 0.759. The third-order valence-corrected chi connectivity index (χ3v) is 1.22. The fourth-order valence-electron chi connectivity index (χ4n) is 0.652. The van der Waals surface area contributed by atoms with Crippen LogP contribution in [0, 0.1) is 0 Å². The van der Waals surface area contributed by atoms with E-state index in [1.54, 1.807) is 23.3 Å². The Kier molecular flexibility index (Phi) is 1.99. The third-order valence-electron chi connectivity index (χ3n) is 1.22. The molecule has 0 aliphatic carbocycles. The lowest BCUT2D eigenvalue weighted by Crippen LogP contribution is -1.88. The van der Waals surface area contributed by atoms with Crippen LogP contribution in [0.5, 0.6) is 0 Å². The zero-order valence-corrected chi connectivity index (χ0v) is 5.69. The predicted octanol–water partition coefficient (Wildman–Crippen LogP) is 0.943. The van der Waals surface area contributed by atoms with E-state index in [1.165, 1.54) is 6.08 Å². The van der Waals surface area contributed by atoms with Crippen LogP contribution in [0.2, 0.25) is 0 Å². The van der Waals surface area contributed by atoms with Gasteiger partial charge in [0.05, 0.1) is 6.33 Å². The molecule has 0 spiro atoms. The quantitative estimate of drug-likeness (QED) is 0.448. The first-order chi connectivity index (χ1) is 4.84. The average molecular weight is 136 g/mol. The van der Waals surface area contributed by atoms with Gasteiger partial charge in [0, 0.05) is 18.1 Å². The first-order valence-corrected chi connectivity index (χ1v) is 2.95. The van der Waals surface area contributed by atoms with Gasteiger partial charge in [0.15, 0.2) is 0 Å². The van der Waals surface area contributed by atoms with Crippen molar-refractivity contribution in [1.29, 1.82) is 0 Å². The Bertz CT molecular complexity index is 236. The number of nitrogens with zero attached hydrogens (tertiary/aromatic N) is 2. The fourth-order valence-corrected chi connectivity index (χ4v) is 0.652. The summed E-state index contributed by atoms with van der Waals surface area (Å²) in [7, 11) is 0. The molecule has 0 aliphatic rings. The highest BCUT2D eigenvalue weighted by atomic mass is 16.1. The molecule has 3 nitrogen and oxygen atoms in total. The molecule has 10 heavy (non-hydrogen) atoms. The van der Waals surface area contributed by atoms with Crippen molar-refractivity contribution in [1.82, 2.24) is 9.55 Å². The largest absolute Gasteiger partial charge is 0.310 e. The van der Waals surface area contributed by atoms with Crippen molar-refractivity contribution in [2.24, 2.45) is 0 Å². The minimum absolute atomic E-state index is 0.759. The highest BCUT2D eigenvalue weighted by Crippen LogP contribution is 1.98. The lowest BCUT2D eigenvalue weighted by atomic mass is 10.4. The van der Waals surface area contributed by atoms with Gasteiger partial charge in [-0.25, -0.2) is 4.98 Å². The summed E-state index contributed by atoms with van der Waals surface area (Å²) >= 11 is 0. The van der Waals surface area contributed by atoms with E-state index in [9.17, 15) is 4.79 Å². The summed E-state index contributed by atoms with van der Waals surface area (Å²) in [5, 5.41) is 0. The van der Waals surface area contributed by atoms with Crippen LogP contribution in [0.3, 0.4) is 0 Å². The molecule has 0 fully saturated rings. The van der Waals surface area contributed by atoms with Gasteiger partial charge in [0.2, 0.25) is 0 Å². The van der Waals surface area contributed by atoms with Gasteiger partial charge >= 0.3 is 0 Å². The topological polar surface area (TPSA) is 34.9 Å². The second-order valence-corrected chi connectivity index (χ2v) is 1.91. The van der Waals surface area contributed by atoms with E-state index in [1.807, 2.05) is 6.92 Å². The number of rotatable bonds is 2. The molecule has 0 atom stereocenters. The molecule has 0 amide bonds. The summed E-state index contributed by atoms with van der Waals surface area (Å²) in [5.74, 6) is 0. The Labute approximate surface area is 59.0 Å². The lowest BCUT2D eigenvalue weighted by Gasteiger charge is -1.96. The predicted molar refractivity (Wildman–Crippen MR) is 38.2 cm³/mol.